The Kier molecular flexibility index (Phi) is 27.5. The van der Waals surface area contributed by atoms with Crippen LogP contribution in [0.5, 0.6) is 0 Å². The van der Waals surface area contributed by atoms with E-state index in [2.05, 4.69) is 119 Å². The highest BCUT2D eigenvalue weighted by atomic mass is 79.9. The predicted octanol–water partition coefficient (Wildman–Crippen LogP) is 11.8. The third kappa shape index (κ3) is 21.5. The number of hydrogen-bond acceptors (Lipinski definition) is 15. The summed E-state index contributed by atoms with van der Waals surface area (Å²) in [5, 5.41) is 30.2. The largest absolute Gasteiger partial charge is 0.373 e. The molecule has 0 fully saturated rings. The lowest BCUT2D eigenvalue weighted by Crippen LogP contribution is -2.14. The number of nitrogens with zero attached hydrogens (tertiary/aromatic N) is 13. The van der Waals surface area contributed by atoms with E-state index >= 15 is 0 Å². The minimum atomic E-state index is -3.57. The van der Waals surface area contributed by atoms with Crippen LogP contribution in [0.2, 0.25) is 20.2 Å². The molecule has 0 aliphatic heterocycles. The number of hydrogen-bond donors (Lipinski definition) is 2. The highest BCUT2D eigenvalue weighted by molar-refractivity contribution is 9.11. The summed E-state index contributed by atoms with van der Waals surface area (Å²) in [6.45, 7) is 0. The molecule has 0 spiro atoms. The topological polar surface area (TPSA) is 270 Å². The molecule has 31 heteroatoms. The minimum absolute atomic E-state index is 0.217. The smallest absolute Gasteiger partial charge is 0.286 e. The van der Waals surface area contributed by atoms with Crippen LogP contribution in [0.1, 0.15) is 0 Å². The first-order chi connectivity index (χ1) is 37.0. The molecule has 0 aliphatic rings. The lowest BCUT2D eigenvalue weighted by Gasteiger charge is -2.04. The van der Waals surface area contributed by atoms with E-state index in [0.717, 1.165) is 22.0 Å². The van der Waals surface area contributed by atoms with Gasteiger partial charge in [-0.25, -0.2) is 24.3 Å². The van der Waals surface area contributed by atoms with E-state index in [-0.39, 0.29) is 15.9 Å². The van der Waals surface area contributed by atoms with Crippen LogP contribution in [0.3, 0.4) is 0 Å². The van der Waals surface area contributed by atoms with Gasteiger partial charge in [-0.15, -0.1) is 4.09 Å². The molecule has 0 radical (unpaired) electrons. The molecule has 9 aromatic heterocycles. The van der Waals surface area contributed by atoms with Crippen molar-refractivity contribution in [2.45, 2.75) is 9.79 Å². The number of H-pyrrole nitrogens is 2. The number of rotatable bonds is 6. The van der Waals surface area contributed by atoms with Gasteiger partial charge >= 0.3 is 6.15 Å². The average molecular weight is 1420 g/mol. The maximum atomic E-state index is 12.0. The Morgan fingerprint density at radius 1 is 0.481 bits per heavy atom. The minimum Gasteiger partial charge on any atom is -0.286 e. The van der Waals surface area contributed by atoms with Crippen molar-refractivity contribution in [2.75, 3.05) is 0 Å². The molecule has 0 bridgehead atoms. The fourth-order valence-electron chi connectivity index (χ4n) is 4.99. The zero-order chi connectivity index (χ0) is 56.1. The van der Waals surface area contributed by atoms with E-state index in [4.69, 9.17) is 56.0 Å². The van der Waals surface area contributed by atoms with Crippen LogP contribution < -0.4 is 0 Å². The lowest BCUT2D eigenvalue weighted by molar-refractivity contribution is -0.191. The number of nitrogens with one attached hydrogen (secondary N) is 2. The van der Waals surface area contributed by atoms with Crippen molar-refractivity contribution in [2.24, 2.45) is 0 Å². The Labute approximate surface area is 493 Å². The number of aromatic nitrogens is 15. The molecule has 398 valence electrons. The molecular weight excluding hydrogens is 1380 g/mol. The number of benzene rings is 2. The summed E-state index contributed by atoms with van der Waals surface area (Å²) in [7, 11) is -7.06. The summed E-state index contributed by atoms with van der Waals surface area (Å²) in [4.78, 5) is 28.6. The van der Waals surface area contributed by atoms with Crippen LogP contribution in [0.15, 0.2) is 230 Å². The molecule has 2 aromatic carbocycles. The first kappa shape index (κ1) is 63.0. The zero-order valence-corrected chi connectivity index (χ0v) is 49.7. The summed E-state index contributed by atoms with van der Waals surface area (Å²) in [6.07, 6.45) is 18.2. The zero-order valence-electron chi connectivity index (χ0n) is 38.7. The Morgan fingerprint density at radius 2 is 1.00 bits per heavy atom. The highest BCUT2D eigenvalue weighted by Crippen LogP contribution is 2.20. The number of aromatic amines is 2. The monoisotopic (exact) mass is 1410 g/mol. The summed E-state index contributed by atoms with van der Waals surface area (Å²) in [5.41, 5.74) is 0. The quantitative estimate of drug-likeness (QED) is 0.147. The molecule has 11 aromatic rings. The first-order valence-electron chi connectivity index (χ1n) is 20.8. The number of pyridine rings is 3. The fourth-order valence-corrected chi connectivity index (χ4v) is 9.53. The predicted molar refractivity (Wildman–Crippen MR) is 302 cm³/mol. The van der Waals surface area contributed by atoms with E-state index in [1.54, 1.807) is 144 Å². The summed E-state index contributed by atoms with van der Waals surface area (Å²) >= 11 is 35.6. The second-order valence-corrected chi connectivity index (χ2v) is 21.8. The van der Waals surface area contributed by atoms with E-state index < -0.39 is 20.0 Å². The van der Waals surface area contributed by atoms with E-state index in [0.29, 0.717) is 36.5 Å². The van der Waals surface area contributed by atoms with Crippen LogP contribution in [-0.4, -0.2) is 96.3 Å². The molecule has 0 aliphatic carbocycles. The van der Waals surface area contributed by atoms with Crippen LogP contribution in [0.25, 0.3) is 11.6 Å². The van der Waals surface area contributed by atoms with Gasteiger partial charge < -0.3 is 0 Å². The van der Waals surface area contributed by atoms with Crippen molar-refractivity contribution >= 4 is 136 Å². The third-order valence-corrected chi connectivity index (χ3v) is 14.8. The maximum Gasteiger partial charge on any atom is 0.373 e. The summed E-state index contributed by atoms with van der Waals surface area (Å²) in [5.74, 6) is 1.27. The van der Waals surface area contributed by atoms with Crippen molar-refractivity contribution < 1.29 is 26.4 Å². The standard InChI is InChI=1S/C9H7BrN2O2S.C9H8N2O2S.2C8H5BrClN3.C5H3Cl2N.C3H3BrN2.C3H4N2.CO2/c10-9-6-7-11-12(9)15(13,14)8-4-2-1-3-5-8;12-14(13,11-8-4-7-10-11)9-5-2-1-3-6-9;2*9-7-3-5-13(12-7)8-6(10)2-1-4-11-8;6-4-2-1-3-8-5(4)7;4-3-1-2-5-6-3;1-2-4-5-3-1;2-1-3/h1-7H;1-8H;2*1-5H;1-3H;1-2H,(H,5,6);1-3H,(H,4,5);. The average Bonchev–Trinajstić information content (AvgIpc) is 4.31. The van der Waals surface area contributed by atoms with Gasteiger partial charge in [0.25, 0.3) is 20.0 Å². The van der Waals surface area contributed by atoms with Crippen LogP contribution >= 0.6 is 110 Å². The van der Waals surface area contributed by atoms with Crippen molar-refractivity contribution in [3.63, 3.8) is 0 Å². The molecule has 21 nitrogen and oxygen atoms in total. The number of carbonyl (C=O) groups excluding carboxylic acids is 2. The second kappa shape index (κ2) is 33.6. The van der Waals surface area contributed by atoms with Crippen molar-refractivity contribution in [1.82, 2.24) is 73.3 Å². The number of halogens is 8. The molecular formula is C46H35Br4Cl4N15O6S2. The molecule has 0 saturated carbocycles. The third-order valence-electron chi connectivity index (χ3n) is 8.21. The van der Waals surface area contributed by atoms with Crippen molar-refractivity contribution in [1.29, 1.82) is 0 Å². The Morgan fingerprint density at radius 3 is 1.32 bits per heavy atom. The van der Waals surface area contributed by atoms with Gasteiger partial charge in [-0.1, -0.05) is 82.8 Å². The first-order valence-corrected chi connectivity index (χ1v) is 28.3. The van der Waals surface area contributed by atoms with Gasteiger partial charge in [0.15, 0.2) is 11.6 Å². The molecule has 0 unspecified atom stereocenters. The molecule has 11 rings (SSSR count). The van der Waals surface area contributed by atoms with Crippen molar-refractivity contribution in [3.05, 3.63) is 240 Å². The fraction of sp³-hybridized carbons (Fsp3) is 0. The molecule has 0 amide bonds. The van der Waals surface area contributed by atoms with Crippen LogP contribution in [-0.2, 0) is 29.6 Å². The van der Waals surface area contributed by atoms with Gasteiger partial charge in [0.2, 0.25) is 0 Å². The van der Waals surface area contributed by atoms with E-state index in [1.165, 1.54) is 42.9 Å². The normalized spacial score (nSPS) is 10.1. The SMILES string of the molecule is Brc1ccn[nH]1.Clc1cccnc1-n1ccc(Br)n1.Clc1cccnc1-n1ccc(Br)n1.Clc1cccnc1Cl.O=C=O.O=S(=O)(c1ccccc1)n1cccn1.O=S(=O)(c1ccccc1)n1nccc1Br.c1cn[nH]c1. The Balaban J connectivity index is 0.000000197. The van der Waals surface area contributed by atoms with Gasteiger partial charge in [-0.05, 0) is 161 Å². The van der Waals surface area contributed by atoms with E-state index in [9.17, 15) is 16.8 Å². The summed E-state index contributed by atoms with van der Waals surface area (Å²) < 4.78 is 55.5. The molecule has 2 N–H and O–H groups in total. The van der Waals surface area contributed by atoms with Gasteiger partial charge in [0.05, 0.1) is 37.3 Å². The van der Waals surface area contributed by atoms with Gasteiger partial charge in [-0.3, -0.25) is 10.2 Å². The Bertz CT molecular complexity index is 3550. The van der Waals surface area contributed by atoms with Crippen LogP contribution in [0, 0.1) is 0 Å². The molecule has 0 saturated heterocycles. The summed E-state index contributed by atoms with van der Waals surface area (Å²) in [6, 6.07) is 37.4. The maximum absolute atomic E-state index is 12.0. The molecule has 77 heavy (non-hydrogen) atoms. The Hall–Kier alpha value is -6.49. The highest BCUT2D eigenvalue weighted by Gasteiger charge is 2.19. The van der Waals surface area contributed by atoms with Gasteiger partial charge in [0.1, 0.15) is 23.6 Å². The lowest BCUT2D eigenvalue weighted by atomic mass is 10.4. The van der Waals surface area contributed by atoms with Crippen LogP contribution in [0.4, 0.5) is 0 Å². The van der Waals surface area contributed by atoms with E-state index in [1.807, 2.05) is 24.3 Å². The molecule has 9 heterocycles. The van der Waals surface area contributed by atoms with Gasteiger partial charge in [0, 0.05) is 55.8 Å². The second-order valence-electron chi connectivity index (χ2n) is 13.3. The van der Waals surface area contributed by atoms with Crippen molar-refractivity contribution in [3.8, 4) is 11.6 Å². The molecule has 0 atom stereocenters. The van der Waals surface area contributed by atoms with Gasteiger partial charge in [-0.2, -0.15) is 61.1 Å².